The van der Waals surface area contributed by atoms with E-state index < -0.39 is 17.8 Å². The summed E-state index contributed by atoms with van der Waals surface area (Å²) in [6.07, 6.45) is 3.06. The maximum Gasteiger partial charge on any atom is 0.335 e. The van der Waals surface area contributed by atoms with Crippen LogP contribution in [0.4, 0.5) is 14.9 Å². The van der Waals surface area contributed by atoms with E-state index in [1.165, 1.54) is 24.3 Å². The fourth-order valence-electron chi connectivity index (χ4n) is 2.47. The molecule has 3 rings (SSSR count). The summed E-state index contributed by atoms with van der Waals surface area (Å²) in [5.74, 6) is -1.33. The van der Waals surface area contributed by atoms with Gasteiger partial charge in [0.25, 0.3) is 0 Å². The molecular formula is C19H19FN2O4. The van der Waals surface area contributed by atoms with Crippen LogP contribution in [0.2, 0.25) is 0 Å². The first-order valence-electron chi connectivity index (χ1n) is 8.34. The van der Waals surface area contributed by atoms with E-state index in [0.29, 0.717) is 5.69 Å². The number of nitrogens with one attached hydrogen (secondary N) is 2. The fourth-order valence-corrected chi connectivity index (χ4v) is 2.47. The molecule has 0 bridgehead atoms. The van der Waals surface area contributed by atoms with Gasteiger partial charge in [-0.05, 0) is 49.1 Å². The maximum atomic E-state index is 14.0. The SMILES string of the molecule is O=C(NCc1ccc(C(=O)O)cc1)Nc1ccc(OC2CCC2)c(F)c1. The number of benzene rings is 2. The Kier molecular flexibility index (Phi) is 5.36. The fraction of sp³-hybridized carbons (Fsp3) is 0.263. The second-order valence-corrected chi connectivity index (χ2v) is 6.13. The highest BCUT2D eigenvalue weighted by molar-refractivity contribution is 5.89. The number of urea groups is 1. The van der Waals surface area contributed by atoms with Gasteiger partial charge in [-0.15, -0.1) is 0 Å². The van der Waals surface area contributed by atoms with Gasteiger partial charge < -0.3 is 20.5 Å². The van der Waals surface area contributed by atoms with Crippen molar-refractivity contribution in [2.24, 2.45) is 0 Å². The van der Waals surface area contributed by atoms with Crippen molar-refractivity contribution in [2.75, 3.05) is 5.32 Å². The molecular weight excluding hydrogens is 339 g/mol. The zero-order valence-electron chi connectivity index (χ0n) is 14.0. The molecule has 2 aromatic rings. The molecule has 0 saturated heterocycles. The van der Waals surface area contributed by atoms with E-state index in [9.17, 15) is 14.0 Å². The summed E-state index contributed by atoms with van der Waals surface area (Å²) < 4.78 is 19.6. The smallest absolute Gasteiger partial charge is 0.335 e. The number of carboxylic acids is 1. The number of halogens is 1. The molecule has 0 spiro atoms. The molecule has 0 aliphatic heterocycles. The monoisotopic (exact) mass is 358 g/mol. The van der Waals surface area contributed by atoms with E-state index in [1.807, 2.05) is 0 Å². The summed E-state index contributed by atoms with van der Waals surface area (Å²) in [6, 6.07) is 9.99. The highest BCUT2D eigenvalue weighted by atomic mass is 19.1. The normalized spacial score (nSPS) is 13.6. The third kappa shape index (κ3) is 4.50. The molecule has 6 nitrogen and oxygen atoms in total. The minimum atomic E-state index is -1.01. The summed E-state index contributed by atoms with van der Waals surface area (Å²) in [6.45, 7) is 0.219. The van der Waals surface area contributed by atoms with Crippen LogP contribution >= 0.6 is 0 Å². The lowest BCUT2D eigenvalue weighted by molar-refractivity contribution is 0.0697. The first-order chi connectivity index (χ1) is 12.5. The van der Waals surface area contributed by atoms with E-state index in [1.54, 1.807) is 18.2 Å². The summed E-state index contributed by atoms with van der Waals surface area (Å²) in [4.78, 5) is 22.7. The Labute approximate surface area is 150 Å². The van der Waals surface area contributed by atoms with Crippen molar-refractivity contribution < 1.29 is 23.8 Å². The number of ether oxygens (including phenoxy) is 1. The molecule has 2 amide bonds. The predicted molar refractivity (Wildman–Crippen MR) is 93.9 cm³/mol. The molecule has 1 fully saturated rings. The van der Waals surface area contributed by atoms with E-state index in [-0.39, 0.29) is 24.0 Å². The van der Waals surface area contributed by atoms with Gasteiger partial charge in [-0.25, -0.2) is 14.0 Å². The Hall–Kier alpha value is -3.09. The zero-order chi connectivity index (χ0) is 18.5. The zero-order valence-corrected chi connectivity index (χ0v) is 14.0. The first-order valence-corrected chi connectivity index (χ1v) is 8.34. The van der Waals surface area contributed by atoms with Crippen LogP contribution in [0.5, 0.6) is 5.75 Å². The van der Waals surface area contributed by atoms with Crippen molar-refractivity contribution in [3.63, 3.8) is 0 Å². The van der Waals surface area contributed by atoms with Crippen LogP contribution in [0.25, 0.3) is 0 Å². The minimum Gasteiger partial charge on any atom is -0.487 e. The highest BCUT2D eigenvalue weighted by Gasteiger charge is 2.20. The molecule has 0 heterocycles. The van der Waals surface area contributed by atoms with Gasteiger partial charge in [0, 0.05) is 18.3 Å². The van der Waals surface area contributed by atoms with Crippen LogP contribution in [-0.4, -0.2) is 23.2 Å². The molecule has 0 unspecified atom stereocenters. The van der Waals surface area contributed by atoms with Crippen molar-refractivity contribution >= 4 is 17.7 Å². The van der Waals surface area contributed by atoms with Crippen molar-refractivity contribution in [3.8, 4) is 5.75 Å². The number of carbonyl (C=O) groups is 2. The Morgan fingerprint density at radius 2 is 1.88 bits per heavy atom. The predicted octanol–water partition coefficient (Wildman–Crippen LogP) is 3.78. The number of aromatic carboxylic acids is 1. The number of rotatable bonds is 6. The second-order valence-electron chi connectivity index (χ2n) is 6.13. The summed E-state index contributed by atoms with van der Waals surface area (Å²) in [7, 11) is 0. The summed E-state index contributed by atoms with van der Waals surface area (Å²) >= 11 is 0. The number of anilines is 1. The topological polar surface area (TPSA) is 87.7 Å². The van der Waals surface area contributed by atoms with Crippen LogP contribution in [0.1, 0.15) is 35.2 Å². The lowest BCUT2D eigenvalue weighted by Gasteiger charge is -2.26. The summed E-state index contributed by atoms with van der Waals surface area (Å²) in [5.41, 5.74) is 1.25. The average molecular weight is 358 g/mol. The van der Waals surface area contributed by atoms with Gasteiger partial charge in [-0.1, -0.05) is 12.1 Å². The maximum absolute atomic E-state index is 14.0. The number of carbonyl (C=O) groups excluding carboxylic acids is 1. The molecule has 26 heavy (non-hydrogen) atoms. The average Bonchev–Trinajstić information content (AvgIpc) is 2.58. The lowest BCUT2D eigenvalue weighted by Crippen LogP contribution is -2.28. The molecule has 0 aromatic heterocycles. The van der Waals surface area contributed by atoms with Crippen molar-refractivity contribution in [1.82, 2.24) is 5.32 Å². The van der Waals surface area contributed by atoms with Gasteiger partial charge in [0.05, 0.1) is 11.7 Å². The Morgan fingerprint density at radius 3 is 2.46 bits per heavy atom. The Bertz CT molecular complexity index is 804. The van der Waals surface area contributed by atoms with Gasteiger partial charge in [0.15, 0.2) is 11.6 Å². The second kappa shape index (κ2) is 7.86. The number of carboxylic acid groups (broad SMARTS) is 1. The first kappa shape index (κ1) is 17.7. The standard InChI is InChI=1S/C19H19FN2O4/c20-16-10-14(8-9-17(16)26-15-2-1-3-15)22-19(25)21-11-12-4-6-13(7-5-12)18(23)24/h4-10,15H,1-3,11H2,(H,23,24)(H2,21,22,25). The molecule has 2 aromatic carbocycles. The quantitative estimate of drug-likeness (QED) is 0.733. The van der Waals surface area contributed by atoms with Gasteiger partial charge in [-0.2, -0.15) is 0 Å². The molecule has 1 aliphatic rings. The molecule has 7 heteroatoms. The highest BCUT2D eigenvalue weighted by Crippen LogP contribution is 2.28. The van der Waals surface area contributed by atoms with Crippen LogP contribution in [0.3, 0.4) is 0 Å². The molecule has 136 valence electrons. The van der Waals surface area contributed by atoms with Gasteiger partial charge >= 0.3 is 12.0 Å². The molecule has 0 radical (unpaired) electrons. The van der Waals surface area contributed by atoms with Gasteiger partial charge in [0.1, 0.15) is 0 Å². The third-order valence-electron chi connectivity index (χ3n) is 4.19. The van der Waals surface area contributed by atoms with E-state index in [0.717, 1.165) is 24.8 Å². The third-order valence-corrected chi connectivity index (χ3v) is 4.19. The van der Waals surface area contributed by atoms with Crippen molar-refractivity contribution in [2.45, 2.75) is 31.9 Å². The van der Waals surface area contributed by atoms with Crippen molar-refractivity contribution in [1.29, 1.82) is 0 Å². The van der Waals surface area contributed by atoms with E-state index in [4.69, 9.17) is 9.84 Å². The Morgan fingerprint density at radius 1 is 1.15 bits per heavy atom. The molecule has 1 saturated carbocycles. The number of hydrogen-bond acceptors (Lipinski definition) is 3. The Balaban J connectivity index is 1.51. The lowest BCUT2D eigenvalue weighted by atomic mass is 9.96. The van der Waals surface area contributed by atoms with E-state index in [2.05, 4.69) is 10.6 Å². The van der Waals surface area contributed by atoms with Crippen LogP contribution in [0.15, 0.2) is 42.5 Å². The molecule has 3 N–H and O–H groups in total. The number of amides is 2. The van der Waals surface area contributed by atoms with Crippen LogP contribution in [-0.2, 0) is 6.54 Å². The largest absolute Gasteiger partial charge is 0.487 e. The molecule has 1 aliphatic carbocycles. The number of hydrogen-bond donors (Lipinski definition) is 3. The molecule has 0 atom stereocenters. The van der Waals surface area contributed by atoms with Gasteiger partial charge in [-0.3, -0.25) is 0 Å². The van der Waals surface area contributed by atoms with Crippen molar-refractivity contribution in [3.05, 3.63) is 59.4 Å². The summed E-state index contributed by atoms with van der Waals surface area (Å²) in [5, 5.41) is 14.0. The van der Waals surface area contributed by atoms with Crippen LogP contribution < -0.4 is 15.4 Å². The van der Waals surface area contributed by atoms with Crippen LogP contribution in [0, 0.1) is 5.82 Å². The minimum absolute atomic E-state index is 0.0825. The van der Waals surface area contributed by atoms with E-state index >= 15 is 0 Å². The van der Waals surface area contributed by atoms with Gasteiger partial charge in [0.2, 0.25) is 0 Å².